The molecule has 2 atom stereocenters. The number of rotatable bonds is 1. The zero-order valence-corrected chi connectivity index (χ0v) is 12.1. The van der Waals surface area contributed by atoms with Gasteiger partial charge in [-0.3, -0.25) is 0 Å². The standard InChI is InChI=1S/C14H15ClFN3O/c1-8-6-19(7-9(2)20-8)13-12-10(16)4-3-5-11(12)17-14(15)18-13/h3-5,8-9H,6-7H2,1-2H3. The molecule has 1 saturated heterocycles. The van der Waals surface area contributed by atoms with Crippen molar-refractivity contribution >= 4 is 28.3 Å². The van der Waals surface area contributed by atoms with Crippen molar-refractivity contribution in [2.75, 3.05) is 18.0 Å². The maximum absolute atomic E-state index is 14.1. The van der Waals surface area contributed by atoms with Crippen LogP contribution < -0.4 is 4.90 Å². The maximum atomic E-state index is 14.1. The SMILES string of the molecule is CC1CN(c2nc(Cl)nc3cccc(F)c23)CC(C)O1. The Bertz CT molecular complexity index is 642. The Kier molecular flexibility index (Phi) is 3.48. The van der Waals surface area contributed by atoms with Crippen LogP contribution in [0.15, 0.2) is 18.2 Å². The lowest BCUT2D eigenvalue weighted by Crippen LogP contribution is -2.46. The number of hydrogen-bond acceptors (Lipinski definition) is 4. The molecule has 0 amide bonds. The molecule has 1 aliphatic heterocycles. The second kappa shape index (κ2) is 5.14. The van der Waals surface area contributed by atoms with E-state index in [0.29, 0.717) is 29.8 Å². The van der Waals surface area contributed by atoms with Gasteiger partial charge in [0, 0.05) is 13.1 Å². The summed E-state index contributed by atoms with van der Waals surface area (Å²) < 4.78 is 19.8. The van der Waals surface area contributed by atoms with E-state index in [-0.39, 0.29) is 23.3 Å². The first-order chi connectivity index (χ1) is 9.54. The van der Waals surface area contributed by atoms with Crippen LogP contribution >= 0.6 is 11.6 Å². The molecule has 0 aliphatic carbocycles. The highest BCUT2D eigenvalue weighted by Crippen LogP contribution is 2.29. The number of nitrogens with zero attached hydrogens (tertiary/aromatic N) is 3. The van der Waals surface area contributed by atoms with Gasteiger partial charge in [-0.05, 0) is 37.6 Å². The summed E-state index contributed by atoms with van der Waals surface area (Å²) >= 11 is 5.97. The maximum Gasteiger partial charge on any atom is 0.224 e. The van der Waals surface area contributed by atoms with E-state index in [0.717, 1.165) is 0 Å². The minimum atomic E-state index is -0.332. The van der Waals surface area contributed by atoms with Crippen LogP contribution in [0.5, 0.6) is 0 Å². The smallest absolute Gasteiger partial charge is 0.224 e. The number of halogens is 2. The molecule has 2 unspecified atom stereocenters. The minimum absolute atomic E-state index is 0.0642. The second-order valence-corrected chi connectivity index (χ2v) is 5.45. The summed E-state index contributed by atoms with van der Waals surface area (Å²) in [6.45, 7) is 5.29. The predicted molar refractivity (Wildman–Crippen MR) is 76.7 cm³/mol. The van der Waals surface area contributed by atoms with Gasteiger partial charge >= 0.3 is 0 Å². The predicted octanol–water partition coefficient (Wildman–Crippen LogP) is 3.04. The molecule has 0 bridgehead atoms. The summed E-state index contributed by atoms with van der Waals surface area (Å²) in [4.78, 5) is 10.3. The third kappa shape index (κ3) is 2.43. The van der Waals surface area contributed by atoms with Gasteiger partial charge in [0.05, 0.1) is 23.1 Å². The number of ether oxygens (including phenoxy) is 1. The first kappa shape index (κ1) is 13.5. The zero-order chi connectivity index (χ0) is 14.3. The van der Waals surface area contributed by atoms with Crippen LogP contribution in [0, 0.1) is 5.82 Å². The highest BCUT2D eigenvalue weighted by atomic mass is 35.5. The van der Waals surface area contributed by atoms with Crippen LogP contribution in [0.4, 0.5) is 10.2 Å². The van der Waals surface area contributed by atoms with Crippen LogP contribution in [0.25, 0.3) is 10.9 Å². The molecule has 106 valence electrons. The van der Waals surface area contributed by atoms with E-state index in [1.54, 1.807) is 12.1 Å². The van der Waals surface area contributed by atoms with E-state index in [2.05, 4.69) is 9.97 Å². The monoisotopic (exact) mass is 295 g/mol. The fourth-order valence-corrected chi connectivity index (χ4v) is 2.85. The molecule has 2 aromatic rings. The van der Waals surface area contributed by atoms with E-state index in [1.807, 2.05) is 18.7 Å². The van der Waals surface area contributed by atoms with Gasteiger partial charge in [-0.15, -0.1) is 0 Å². The number of morpholine rings is 1. The van der Waals surface area contributed by atoms with Crippen molar-refractivity contribution < 1.29 is 9.13 Å². The zero-order valence-electron chi connectivity index (χ0n) is 11.3. The van der Waals surface area contributed by atoms with Gasteiger partial charge in [0.15, 0.2) is 0 Å². The first-order valence-electron chi connectivity index (χ1n) is 6.57. The Morgan fingerprint density at radius 1 is 1.25 bits per heavy atom. The van der Waals surface area contributed by atoms with E-state index in [9.17, 15) is 4.39 Å². The summed E-state index contributed by atoms with van der Waals surface area (Å²) in [5.74, 6) is 0.209. The third-order valence-corrected chi connectivity index (χ3v) is 3.51. The molecule has 2 heterocycles. The Morgan fingerprint density at radius 3 is 2.65 bits per heavy atom. The quantitative estimate of drug-likeness (QED) is 0.758. The summed E-state index contributed by atoms with van der Waals surface area (Å²) in [5.41, 5.74) is 0.520. The molecule has 1 aromatic heterocycles. The van der Waals surface area contributed by atoms with Crippen LogP contribution in [0.2, 0.25) is 5.28 Å². The summed E-state index contributed by atoms with van der Waals surface area (Å²) in [7, 11) is 0. The molecule has 0 spiro atoms. The summed E-state index contributed by atoms with van der Waals surface area (Å²) in [6.07, 6.45) is 0.128. The molecule has 1 aromatic carbocycles. The molecule has 0 N–H and O–H groups in total. The van der Waals surface area contributed by atoms with Crippen molar-refractivity contribution in [2.45, 2.75) is 26.1 Å². The van der Waals surface area contributed by atoms with Gasteiger partial charge in [0.2, 0.25) is 5.28 Å². The number of anilines is 1. The van der Waals surface area contributed by atoms with Crippen molar-refractivity contribution in [2.24, 2.45) is 0 Å². The van der Waals surface area contributed by atoms with Gasteiger partial charge in [-0.1, -0.05) is 6.07 Å². The van der Waals surface area contributed by atoms with Crippen LogP contribution in [0.3, 0.4) is 0 Å². The molecule has 20 heavy (non-hydrogen) atoms. The molecular weight excluding hydrogens is 281 g/mol. The second-order valence-electron chi connectivity index (χ2n) is 5.11. The lowest BCUT2D eigenvalue weighted by Gasteiger charge is -2.36. The van der Waals surface area contributed by atoms with Gasteiger partial charge in [-0.25, -0.2) is 9.37 Å². The molecule has 1 fully saturated rings. The normalized spacial score (nSPS) is 23.3. The van der Waals surface area contributed by atoms with Gasteiger partial charge in [0.25, 0.3) is 0 Å². The van der Waals surface area contributed by atoms with Crippen LogP contribution in [-0.2, 0) is 4.74 Å². The molecule has 0 radical (unpaired) electrons. The molecular formula is C14H15ClFN3O. The lowest BCUT2D eigenvalue weighted by molar-refractivity contribution is -0.00538. The Hall–Kier alpha value is -1.46. The van der Waals surface area contributed by atoms with Gasteiger partial charge < -0.3 is 9.64 Å². The summed E-state index contributed by atoms with van der Waals surface area (Å²) in [6, 6.07) is 4.77. The molecule has 3 rings (SSSR count). The van der Waals surface area contributed by atoms with Gasteiger partial charge in [-0.2, -0.15) is 4.98 Å². The van der Waals surface area contributed by atoms with Crippen molar-refractivity contribution in [3.63, 3.8) is 0 Å². The van der Waals surface area contributed by atoms with E-state index in [4.69, 9.17) is 16.3 Å². The fourth-order valence-electron chi connectivity index (χ4n) is 2.67. The average molecular weight is 296 g/mol. The molecule has 1 aliphatic rings. The van der Waals surface area contributed by atoms with Crippen molar-refractivity contribution in [3.05, 3.63) is 29.3 Å². The Labute approximate surface area is 121 Å². The largest absolute Gasteiger partial charge is 0.372 e. The molecule has 6 heteroatoms. The first-order valence-corrected chi connectivity index (χ1v) is 6.94. The third-order valence-electron chi connectivity index (χ3n) is 3.35. The highest BCUT2D eigenvalue weighted by molar-refractivity contribution is 6.28. The molecule has 4 nitrogen and oxygen atoms in total. The molecule has 0 saturated carbocycles. The topological polar surface area (TPSA) is 38.2 Å². The number of benzene rings is 1. The van der Waals surface area contributed by atoms with Crippen molar-refractivity contribution in [3.8, 4) is 0 Å². The van der Waals surface area contributed by atoms with Crippen molar-refractivity contribution in [1.29, 1.82) is 0 Å². The summed E-state index contributed by atoms with van der Waals surface area (Å²) in [5, 5.41) is 0.545. The Morgan fingerprint density at radius 2 is 1.95 bits per heavy atom. The van der Waals surface area contributed by atoms with E-state index in [1.165, 1.54) is 6.07 Å². The van der Waals surface area contributed by atoms with Gasteiger partial charge in [0.1, 0.15) is 11.6 Å². The lowest BCUT2D eigenvalue weighted by atomic mass is 10.1. The number of aromatic nitrogens is 2. The highest BCUT2D eigenvalue weighted by Gasteiger charge is 2.26. The van der Waals surface area contributed by atoms with E-state index >= 15 is 0 Å². The van der Waals surface area contributed by atoms with Crippen LogP contribution in [0.1, 0.15) is 13.8 Å². The van der Waals surface area contributed by atoms with E-state index < -0.39 is 0 Å². The van der Waals surface area contributed by atoms with Crippen molar-refractivity contribution in [1.82, 2.24) is 9.97 Å². The number of hydrogen-bond donors (Lipinski definition) is 0. The Balaban J connectivity index is 2.15. The fraction of sp³-hybridized carbons (Fsp3) is 0.429. The van der Waals surface area contributed by atoms with Crippen LogP contribution in [-0.4, -0.2) is 35.3 Å². The number of fused-ring (bicyclic) bond motifs is 1. The minimum Gasteiger partial charge on any atom is -0.372 e. The average Bonchev–Trinajstić information content (AvgIpc) is 2.36.